The monoisotopic (exact) mass is 463 g/mol. The summed E-state index contributed by atoms with van der Waals surface area (Å²) in [6.07, 6.45) is 0.178. The summed E-state index contributed by atoms with van der Waals surface area (Å²) in [4.78, 5) is 41.1. The molecule has 0 aliphatic carbocycles. The molecule has 1 fully saturated rings. The molecule has 2 aromatic rings. The van der Waals surface area contributed by atoms with Crippen LogP contribution in [0.5, 0.6) is 5.75 Å². The Morgan fingerprint density at radius 2 is 2.06 bits per heavy atom. The highest BCUT2D eigenvalue weighted by Gasteiger charge is 2.36. The van der Waals surface area contributed by atoms with Crippen LogP contribution in [0.25, 0.3) is 10.9 Å². The zero-order valence-corrected chi connectivity index (χ0v) is 19.5. The van der Waals surface area contributed by atoms with E-state index in [2.05, 4.69) is 10.3 Å². The molecule has 33 heavy (non-hydrogen) atoms. The van der Waals surface area contributed by atoms with Gasteiger partial charge in [0.1, 0.15) is 23.4 Å². The number of nitrogens with zero attached hydrogens (tertiary/aromatic N) is 2. The number of amides is 1. The van der Waals surface area contributed by atoms with E-state index in [1.165, 1.54) is 4.57 Å². The number of anilines is 2. The molecular formula is C22H30FN5O5. The van der Waals surface area contributed by atoms with Crippen molar-refractivity contribution in [1.29, 1.82) is 0 Å². The highest BCUT2D eigenvalue weighted by molar-refractivity contribution is 6.00. The summed E-state index contributed by atoms with van der Waals surface area (Å²) in [5.74, 6) is -0.590. The minimum atomic E-state index is -0.754. The van der Waals surface area contributed by atoms with Crippen LogP contribution in [0.4, 0.5) is 20.6 Å². The van der Waals surface area contributed by atoms with Gasteiger partial charge in [0.25, 0.3) is 5.56 Å². The zero-order valence-electron chi connectivity index (χ0n) is 19.5. The molecule has 3 heterocycles. The van der Waals surface area contributed by atoms with E-state index in [1.54, 1.807) is 32.6 Å². The predicted molar refractivity (Wildman–Crippen MR) is 123 cm³/mol. The summed E-state index contributed by atoms with van der Waals surface area (Å²) in [6.45, 7) is 10.1. The minimum absolute atomic E-state index is 0.0184. The zero-order chi connectivity index (χ0) is 24.2. The molecular weight excluding hydrogens is 433 g/mol. The number of hydrogen-bond acceptors (Lipinski definition) is 7. The molecule has 4 rings (SSSR count). The molecule has 0 spiro atoms. The van der Waals surface area contributed by atoms with Gasteiger partial charge in [-0.2, -0.15) is 0 Å². The van der Waals surface area contributed by atoms with Gasteiger partial charge >= 0.3 is 11.8 Å². The number of nitrogens with two attached hydrogens (primary N) is 1. The Bertz CT molecular complexity index is 1230. The molecule has 3 atom stereocenters. The lowest BCUT2D eigenvalue weighted by molar-refractivity contribution is 0.0494. The van der Waals surface area contributed by atoms with Gasteiger partial charge < -0.3 is 25.4 Å². The molecule has 2 aliphatic heterocycles. The van der Waals surface area contributed by atoms with Crippen molar-refractivity contribution >= 4 is 28.4 Å². The summed E-state index contributed by atoms with van der Waals surface area (Å²) in [5, 5.41) is 2.76. The maximum atomic E-state index is 15.5. The molecule has 1 saturated heterocycles. The van der Waals surface area contributed by atoms with Crippen molar-refractivity contribution in [3.05, 3.63) is 26.7 Å². The van der Waals surface area contributed by atoms with Gasteiger partial charge in [-0.1, -0.05) is 0 Å². The van der Waals surface area contributed by atoms with Crippen LogP contribution < -0.4 is 31.9 Å². The summed E-state index contributed by atoms with van der Waals surface area (Å²) in [7, 11) is 0. The van der Waals surface area contributed by atoms with Crippen LogP contribution in [0, 0.1) is 11.7 Å². The normalized spacial score (nSPS) is 21.1. The first-order valence-electron chi connectivity index (χ1n) is 11.1. The number of ether oxygens (including phenoxy) is 2. The number of aromatic amines is 1. The number of aromatic nitrogens is 2. The van der Waals surface area contributed by atoms with Crippen LogP contribution >= 0.6 is 0 Å². The number of benzene rings is 1. The Labute approximate surface area is 189 Å². The number of hydrogen-bond donors (Lipinski definition) is 3. The number of nitrogen functional groups attached to an aromatic ring is 1. The minimum Gasteiger partial charge on any atom is -0.487 e. The number of rotatable bonds is 3. The first kappa shape index (κ1) is 22.9. The molecule has 0 saturated carbocycles. The maximum Gasteiger partial charge on any atom is 0.407 e. The van der Waals surface area contributed by atoms with Crippen molar-refractivity contribution in [1.82, 2.24) is 14.9 Å². The van der Waals surface area contributed by atoms with Gasteiger partial charge in [0, 0.05) is 19.1 Å². The Morgan fingerprint density at radius 1 is 1.36 bits per heavy atom. The lowest BCUT2D eigenvalue weighted by Gasteiger charge is -2.31. The molecule has 1 aromatic carbocycles. The smallest absolute Gasteiger partial charge is 0.407 e. The van der Waals surface area contributed by atoms with Crippen LogP contribution in [0.2, 0.25) is 0 Å². The van der Waals surface area contributed by atoms with E-state index in [9.17, 15) is 14.4 Å². The largest absolute Gasteiger partial charge is 0.487 e. The second kappa shape index (κ2) is 7.96. The van der Waals surface area contributed by atoms with E-state index in [-0.39, 0.29) is 52.6 Å². The maximum absolute atomic E-state index is 15.5. The molecule has 11 heteroatoms. The summed E-state index contributed by atoms with van der Waals surface area (Å²) < 4.78 is 28.1. The van der Waals surface area contributed by atoms with Gasteiger partial charge in [-0.05, 0) is 47.0 Å². The van der Waals surface area contributed by atoms with Crippen molar-refractivity contribution in [2.45, 2.75) is 58.7 Å². The third kappa shape index (κ3) is 4.00. The number of carbonyl (C=O) groups excluding carboxylic acids is 1. The van der Waals surface area contributed by atoms with Crippen molar-refractivity contribution in [2.75, 3.05) is 30.3 Å². The molecule has 1 amide bonds. The molecule has 1 unspecified atom stereocenters. The Kier molecular flexibility index (Phi) is 5.53. The van der Waals surface area contributed by atoms with Gasteiger partial charge in [-0.3, -0.25) is 14.3 Å². The van der Waals surface area contributed by atoms with Gasteiger partial charge in [-0.25, -0.2) is 14.0 Å². The second-order valence-electron chi connectivity index (χ2n) is 9.85. The molecule has 10 nitrogen and oxygen atoms in total. The standard InChI is InChI=1S/C22H30FN5O5/c1-10-9-32-18-16-13(19(29)26-20(30)28(10)16)15(24)14(23)17(18)27-7-6-12(8-27)11(2)25-21(31)33-22(3,4)5/h10-12H,6-9,24H2,1-5H3,(H,25,31)(H,26,29,30)/t10-,11?,12+/m1/s1. The molecule has 0 radical (unpaired) electrons. The van der Waals surface area contributed by atoms with E-state index >= 15 is 4.39 Å². The van der Waals surface area contributed by atoms with E-state index in [1.807, 2.05) is 6.92 Å². The quantitative estimate of drug-likeness (QED) is 0.594. The van der Waals surface area contributed by atoms with Gasteiger partial charge in [-0.15, -0.1) is 0 Å². The number of carbonyl (C=O) groups is 1. The van der Waals surface area contributed by atoms with E-state index in [0.717, 1.165) is 0 Å². The Morgan fingerprint density at radius 3 is 2.73 bits per heavy atom. The van der Waals surface area contributed by atoms with Crippen LogP contribution in [0.1, 0.15) is 47.1 Å². The molecule has 180 valence electrons. The lowest BCUT2D eigenvalue weighted by Crippen LogP contribution is -2.42. The molecule has 0 bridgehead atoms. The first-order chi connectivity index (χ1) is 15.4. The first-order valence-corrected chi connectivity index (χ1v) is 11.1. The summed E-state index contributed by atoms with van der Waals surface area (Å²) in [6, 6.07) is -0.574. The predicted octanol–water partition coefficient (Wildman–Crippen LogP) is 2.10. The fourth-order valence-corrected chi connectivity index (χ4v) is 4.60. The molecule has 1 aromatic heterocycles. The van der Waals surface area contributed by atoms with E-state index < -0.39 is 28.8 Å². The highest BCUT2D eigenvalue weighted by Crippen LogP contribution is 2.45. The highest BCUT2D eigenvalue weighted by atomic mass is 19.1. The summed E-state index contributed by atoms with van der Waals surface area (Å²) in [5.41, 5.74) is 4.13. The molecule has 2 aliphatic rings. The molecule has 4 N–H and O–H groups in total. The van der Waals surface area contributed by atoms with Gasteiger partial charge in [0.2, 0.25) is 0 Å². The van der Waals surface area contributed by atoms with Crippen LogP contribution in [0.15, 0.2) is 9.59 Å². The third-order valence-electron chi connectivity index (χ3n) is 6.19. The van der Waals surface area contributed by atoms with Crippen LogP contribution in [-0.4, -0.2) is 47.0 Å². The van der Waals surface area contributed by atoms with Gasteiger partial charge in [0.05, 0.1) is 17.1 Å². The third-order valence-corrected chi connectivity index (χ3v) is 6.19. The number of halogens is 1. The Balaban J connectivity index is 1.69. The fourth-order valence-electron chi connectivity index (χ4n) is 4.60. The van der Waals surface area contributed by atoms with E-state index in [4.69, 9.17) is 15.2 Å². The SMILES string of the molecule is CC(NC(=O)OC(C)(C)C)[C@H]1CCN(c2c(F)c(N)c3c(=O)[nH]c(=O)n4c3c2OC[C@H]4C)C1. The number of H-pyrrole nitrogens is 1. The van der Waals surface area contributed by atoms with Gasteiger partial charge in [0.15, 0.2) is 11.6 Å². The van der Waals surface area contributed by atoms with Crippen molar-refractivity contribution in [3.8, 4) is 5.75 Å². The number of nitrogens with one attached hydrogen (secondary N) is 2. The average molecular weight is 464 g/mol. The number of alkyl carbamates (subject to hydrolysis) is 1. The topological polar surface area (TPSA) is 132 Å². The van der Waals surface area contributed by atoms with Crippen molar-refractivity contribution < 1.29 is 18.7 Å². The Hall–Kier alpha value is -3.24. The van der Waals surface area contributed by atoms with Crippen LogP contribution in [-0.2, 0) is 4.74 Å². The fraction of sp³-hybridized carbons (Fsp3) is 0.591. The van der Waals surface area contributed by atoms with Crippen molar-refractivity contribution in [2.24, 2.45) is 5.92 Å². The summed E-state index contributed by atoms with van der Waals surface area (Å²) >= 11 is 0. The second-order valence-corrected chi connectivity index (χ2v) is 9.85. The van der Waals surface area contributed by atoms with E-state index in [0.29, 0.717) is 19.5 Å². The van der Waals surface area contributed by atoms with Crippen molar-refractivity contribution in [3.63, 3.8) is 0 Å². The average Bonchev–Trinajstić information content (AvgIpc) is 3.17. The lowest BCUT2D eigenvalue weighted by atomic mass is 10.0. The van der Waals surface area contributed by atoms with Crippen LogP contribution in [0.3, 0.4) is 0 Å².